The second-order valence-electron chi connectivity index (χ2n) is 9.12. The molecule has 2 heterocycles. The van der Waals surface area contributed by atoms with Crippen molar-refractivity contribution in [2.24, 2.45) is 0 Å². The summed E-state index contributed by atoms with van der Waals surface area (Å²) < 4.78 is 12.5. The van der Waals surface area contributed by atoms with Crippen molar-refractivity contribution >= 4 is 23.2 Å². The maximum atomic E-state index is 6.36. The van der Waals surface area contributed by atoms with E-state index in [1.54, 1.807) is 0 Å². The minimum atomic E-state index is -0.0959. The molecule has 0 aliphatic carbocycles. The van der Waals surface area contributed by atoms with Crippen LogP contribution >= 0.6 is 23.2 Å². The molecule has 8 heteroatoms. The number of halogens is 4. The zero-order valence-corrected chi connectivity index (χ0v) is 24.2. The highest BCUT2D eigenvalue weighted by atomic mass is 35.5. The molecule has 4 nitrogen and oxygen atoms in total. The number of rotatable bonds is 6. The standard InChI is InChI=1S/C28H36Cl2N2O2.2ClH/c1-23(29)25(3)31(15-19-33-20-16-31)13-5-7-27-9-11-28(12-10-27)8-6-14-32(26(4)24(2)30)17-21-34-22-18-32;;/h9-12,23-24H,3-4,13-22H2,1-2H3;2*1H/q+2;;/p-2. The number of benzene rings is 1. The van der Waals surface area contributed by atoms with E-state index in [9.17, 15) is 0 Å². The number of morpholine rings is 2. The van der Waals surface area contributed by atoms with Gasteiger partial charge >= 0.3 is 0 Å². The number of nitrogens with zero attached hydrogens (tertiary/aromatic N) is 2. The Labute approximate surface area is 239 Å². The number of quaternary nitrogens is 2. The molecule has 0 bridgehead atoms. The smallest absolute Gasteiger partial charge is 0.145 e. The predicted octanol–water partition coefficient (Wildman–Crippen LogP) is -1.63. The summed E-state index contributed by atoms with van der Waals surface area (Å²) >= 11 is 12.7. The summed E-state index contributed by atoms with van der Waals surface area (Å²) in [6, 6.07) is 8.11. The summed E-state index contributed by atoms with van der Waals surface area (Å²) in [7, 11) is 0. The van der Waals surface area contributed by atoms with Crippen LogP contribution in [-0.2, 0) is 9.47 Å². The Hall–Kier alpha value is -1.18. The molecule has 0 saturated carbocycles. The van der Waals surface area contributed by atoms with Crippen LogP contribution in [0.25, 0.3) is 0 Å². The first kappa shape index (κ1) is 32.8. The van der Waals surface area contributed by atoms with Crippen LogP contribution in [0.2, 0.25) is 0 Å². The summed E-state index contributed by atoms with van der Waals surface area (Å²) in [5.41, 5.74) is 3.97. The van der Waals surface area contributed by atoms with E-state index in [1.807, 2.05) is 38.1 Å². The molecule has 2 aliphatic heterocycles. The summed E-state index contributed by atoms with van der Waals surface area (Å²) in [5.74, 6) is 13.3. The summed E-state index contributed by atoms with van der Waals surface area (Å²) in [6.07, 6.45) is 0. The Morgan fingerprint density at radius 2 is 1.06 bits per heavy atom. The molecule has 1 aromatic carbocycles. The molecule has 0 spiro atoms. The van der Waals surface area contributed by atoms with Crippen LogP contribution in [-0.4, -0.2) is 85.4 Å². The van der Waals surface area contributed by atoms with Crippen molar-refractivity contribution < 1.29 is 43.3 Å². The van der Waals surface area contributed by atoms with Gasteiger partial charge in [0.1, 0.15) is 61.4 Å². The van der Waals surface area contributed by atoms with Crippen LogP contribution in [0.15, 0.2) is 48.8 Å². The summed E-state index contributed by atoms with van der Waals surface area (Å²) in [6.45, 7) is 20.1. The Bertz CT molecular complexity index is 907. The third-order valence-corrected chi connectivity index (χ3v) is 7.41. The first-order valence-corrected chi connectivity index (χ1v) is 12.8. The highest BCUT2D eigenvalue weighted by Crippen LogP contribution is 2.25. The number of ether oxygens (including phenoxy) is 2. The van der Waals surface area contributed by atoms with E-state index in [0.717, 1.165) is 48.7 Å². The molecule has 0 amide bonds. The summed E-state index contributed by atoms with van der Waals surface area (Å²) in [4.78, 5) is 0. The molecule has 2 saturated heterocycles. The van der Waals surface area contributed by atoms with Crippen LogP contribution in [0.3, 0.4) is 0 Å². The molecular formula is C28H36Cl4N2O2. The normalized spacial score (nSPS) is 19.4. The molecule has 0 aromatic heterocycles. The van der Waals surface area contributed by atoms with Crippen LogP contribution in [0.4, 0.5) is 0 Å². The van der Waals surface area contributed by atoms with Gasteiger partial charge in [0.25, 0.3) is 0 Å². The molecule has 2 fully saturated rings. The van der Waals surface area contributed by atoms with Crippen molar-refractivity contribution in [2.45, 2.75) is 24.6 Å². The fourth-order valence-corrected chi connectivity index (χ4v) is 4.87. The van der Waals surface area contributed by atoms with Gasteiger partial charge in [0.15, 0.2) is 0 Å². The lowest BCUT2D eigenvalue weighted by molar-refractivity contribution is -0.893. The zero-order valence-electron chi connectivity index (χ0n) is 21.2. The van der Waals surface area contributed by atoms with Crippen LogP contribution in [0, 0.1) is 23.7 Å². The number of alkyl halides is 2. The molecule has 198 valence electrons. The largest absolute Gasteiger partial charge is 1.00 e. The Kier molecular flexibility index (Phi) is 13.9. The SMILES string of the molecule is C=C(C(C)Cl)[N+]1(CC#Cc2ccc(C#CC[N+]3(C(=C)C(C)Cl)CCOCC3)cc2)CCOCC1.[Cl-].[Cl-]. The molecule has 0 N–H and O–H groups in total. The van der Waals surface area contributed by atoms with Crippen molar-refractivity contribution in [2.75, 3.05) is 65.7 Å². The van der Waals surface area contributed by atoms with Crippen molar-refractivity contribution in [3.05, 3.63) is 59.9 Å². The first-order valence-electron chi connectivity index (χ1n) is 11.9. The first-order chi connectivity index (χ1) is 16.3. The minimum Gasteiger partial charge on any atom is -1.00 e. The van der Waals surface area contributed by atoms with Gasteiger partial charge < -0.3 is 34.3 Å². The molecule has 2 aliphatic rings. The van der Waals surface area contributed by atoms with E-state index in [0.29, 0.717) is 48.5 Å². The maximum absolute atomic E-state index is 6.36. The molecule has 36 heavy (non-hydrogen) atoms. The van der Waals surface area contributed by atoms with Crippen molar-refractivity contribution in [3.63, 3.8) is 0 Å². The van der Waals surface area contributed by atoms with E-state index in [2.05, 4.69) is 36.8 Å². The summed E-state index contributed by atoms with van der Waals surface area (Å²) in [5, 5.41) is -0.192. The van der Waals surface area contributed by atoms with Gasteiger partial charge in [0.2, 0.25) is 0 Å². The predicted molar refractivity (Wildman–Crippen MR) is 140 cm³/mol. The molecule has 3 rings (SSSR count). The maximum Gasteiger partial charge on any atom is 0.145 e. The fourth-order valence-electron chi connectivity index (χ4n) is 4.46. The van der Waals surface area contributed by atoms with Gasteiger partial charge in [0.05, 0.1) is 26.4 Å². The van der Waals surface area contributed by atoms with Crippen LogP contribution in [0.1, 0.15) is 25.0 Å². The lowest BCUT2D eigenvalue weighted by Gasteiger charge is -2.41. The van der Waals surface area contributed by atoms with Crippen LogP contribution in [0.5, 0.6) is 0 Å². The van der Waals surface area contributed by atoms with Gasteiger partial charge in [-0.2, -0.15) is 0 Å². The molecule has 0 radical (unpaired) electrons. The molecule has 1 aromatic rings. The van der Waals surface area contributed by atoms with Gasteiger partial charge in [0, 0.05) is 11.1 Å². The minimum absolute atomic E-state index is 0. The second kappa shape index (κ2) is 15.3. The molecule has 2 atom stereocenters. The number of hydrogen-bond donors (Lipinski definition) is 0. The average molecular weight is 574 g/mol. The molecule has 2 unspecified atom stereocenters. The van der Waals surface area contributed by atoms with E-state index in [1.165, 1.54) is 0 Å². The lowest BCUT2D eigenvalue weighted by atomic mass is 10.1. The van der Waals surface area contributed by atoms with Crippen molar-refractivity contribution in [3.8, 4) is 23.7 Å². The van der Waals surface area contributed by atoms with Crippen molar-refractivity contribution in [1.82, 2.24) is 0 Å². The third kappa shape index (κ3) is 8.42. The highest BCUT2D eigenvalue weighted by Gasteiger charge is 2.36. The van der Waals surface area contributed by atoms with Gasteiger partial charge in [-0.05, 0) is 63.1 Å². The highest BCUT2D eigenvalue weighted by molar-refractivity contribution is 6.22. The van der Waals surface area contributed by atoms with Gasteiger partial charge in [-0.1, -0.05) is 11.8 Å². The average Bonchev–Trinajstić information content (AvgIpc) is 2.85. The lowest BCUT2D eigenvalue weighted by Crippen LogP contribution is -3.00. The van der Waals surface area contributed by atoms with E-state index < -0.39 is 0 Å². The second-order valence-corrected chi connectivity index (χ2v) is 10.4. The van der Waals surface area contributed by atoms with Crippen LogP contribution < -0.4 is 24.8 Å². The zero-order chi connectivity index (χ0) is 24.6. The van der Waals surface area contributed by atoms with Gasteiger partial charge in [-0.15, -0.1) is 23.2 Å². The third-order valence-electron chi connectivity index (χ3n) is 6.91. The van der Waals surface area contributed by atoms with Gasteiger partial charge in [-0.3, -0.25) is 8.97 Å². The quantitative estimate of drug-likeness (QED) is 0.231. The van der Waals surface area contributed by atoms with E-state index in [-0.39, 0.29) is 35.6 Å². The van der Waals surface area contributed by atoms with Gasteiger partial charge in [-0.25, -0.2) is 0 Å². The Balaban J connectivity index is 0.00000324. The van der Waals surface area contributed by atoms with E-state index >= 15 is 0 Å². The Morgan fingerprint density at radius 3 is 1.33 bits per heavy atom. The van der Waals surface area contributed by atoms with Crippen molar-refractivity contribution in [1.29, 1.82) is 0 Å². The van der Waals surface area contributed by atoms with E-state index in [4.69, 9.17) is 32.7 Å². The topological polar surface area (TPSA) is 18.5 Å². The number of hydrogen-bond acceptors (Lipinski definition) is 2. The molecular weight excluding hydrogens is 538 g/mol. The number of allylic oxidation sites excluding steroid dienone is 2. The monoisotopic (exact) mass is 572 g/mol. The Morgan fingerprint density at radius 1 is 0.750 bits per heavy atom. The fraction of sp³-hybridized carbons (Fsp3) is 0.500.